The zero-order chi connectivity index (χ0) is 23.7. The van der Waals surface area contributed by atoms with E-state index in [-0.39, 0.29) is 12.3 Å². The highest BCUT2D eigenvalue weighted by atomic mass is 15.8. The number of hydrogen-bond acceptors (Lipinski definition) is 4. The molecule has 0 radical (unpaired) electrons. The summed E-state index contributed by atoms with van der Waals surface area (Å²) in [6.07, 6.45) is -0.183. The number of rotatable bonds is 4. The normalized spacial score (nSPS) is 18.2. The molecule has 0 atom stereocenters. The summed E-state index contributed by atoms with van der Waals surface area (Å²) < 4.78 is 0. The van der Waals surface area contributed by atoms with Crippen molar-refractivity contribution in [1.82, 2.24) is 10.9 Å². The van der Waals surface area contributed by atoms with Gasteiger partial charge in [0.1, 0.15) is 6.17 Å². The molecule has 1 aliphatic rings. The third-order valence-electron chi connectivity index (χ3n) is 6.44. The molecule has 4 heteroatoms. The average Bonchev–Trinajstić information content (AvgIpc) is 2.85. The predicted octanol–water partition coefficient (Wildman–Crippen LogP) is 6.65. The molecule has 0 spiro atoms. The first-order valence-corrected chi connectivity index (χ1v) is 11.9. The van der Waals surface area contributed by atoms with Gasteiger partial charge in [-0.15, -0.1) is 0 Å². The van der Waals surface area contributed by atoms with Gasteiger partial charge in [-0.2, -0.15) is 0 Å². The maximum atomic E-state index is 3.78. The molecule has 0 aromatic heterocycles. The van der Waals surface area contributed by atoms with Gasteiger partial charge in [-0.25, -0.2) is 10.9 Å². The number of aryl methyl sites for hydroxylation is 4. The van der Waals surface area contributed by atoms with Crippen molar-refractivity contribution in [2.75, 3.05) is 10.0 Å². The van der Waals surface area contributed by atoms with Crippen LogP contribution in [-0.2, 0) is 0 Å². The lowest BCUT2D eigenvalue weighted by Crippen LogP contribution is -2.64. The number of hydrazine groups is 2. The van der Waals surface area contributed by atoms with E-state index in [2.05, 4.69) is 146 Å². The first-order valence-electron chi connectivity index (χ1n) is 11.9. The van der Waals surface area contributed by atoms with E-state index in [4.69, 9.17) is 0 Å². The molecule has 4 aromatic rings. The van der Waals surface area contributed by atoms with Crippen molar-refractivity contribution in [3.63, 3.8) is 0 Å². The molecule has 172 valence electrons. The number of nitrogens with one attached hydrogen (secondary N) is 2. The van der Waals surface area contributed by atoms with Crippen LogP contribution in [0, 0.1) is 27.7 Å². The van der Waals surface area contributed by atoms with Gasteiger partial charge in [0.25, 0.3) is 0 Å². The summed E-state index contributed by atoms with van der Waals surface area (Å²) in [6, 6.07) is 34.9. The molecule has 1 heterocycles. The lowest BCUT2D eigenvalue weighted by molar-refractivity contribution is 0.293. The van der Waals surface area contributed by atoms with Gasteiger partial charge in [-0.3, -0.25) is 10.0 Å². The fourth-order valence-corrected chi connectivity index (χ4v) is 4.35. The summed E-state index contributed by atoms with van der Waals surface area (Å²) in [5.41, 5.74) is 17.2. The molecule has 34 heavy (non-hydrogen) atoms. The Hall–Kier alpha value is -3.60. The first-order chi connectivity index (χ1) is 16.5. The molecule has 1 aliphatic heterocycles. The SMILES string of the molecule is Cc1ccc(C2NN(c3ccc(C)cc3)C(c3ccc(C)cc3)N(c3ccc(C)cc3)N2)cc1. The molecular weight excluding hydrogens is 416 g/mol. The summed E-state index contributed by atoms with van der Waals surface area (Å²) in [7, 11) is 0. The Morgan fingerprint density at radius 2 is 0.765 bits per heavy atom. The van der Waals surface area contributed by atoms with Gasteiger partial charge in [0.15, 0.2) is 6.17 Å². The van der Waals surface area contributed by atoms with E-state index >= 15 is 0 Å². The zero-order valence-electron chi connectivity index (χ0n) is 20.3. The summed E-state index contributed by atoms with van der Waals surface area (Å²) in [5, 5.41) is 4.57. The topological polar surface area (TPSA) is 30.5 Å². The molecule has 0 amide bonds. The Balaban J connectivity index is 1.64. The monoisotopic (exact) mass is 448 g/mol. The lowest BCUT2D eigenvalue weighted by Gasteiger charge is -2.50. The van der Waals surface area contributed by atoms with Crippen LogP contribution in [0.25, 0.3) is 0 Å². The molecule has 0 bridgehead atoms. The number of benzene rings is 4. The van der Waals surface area contributed by atoms with Crippen molar-refractivity contribution in [2.24, 2.45) is 0 Å². The quantitative estimate of drug-likeness (QED) is 0.366. The molecule has 5 rings (SSSR count). The molecule has 0 saturated carbocycles. The molecule has 1 saturated heterocycles. The van der Waals surface area contributed by atoms with Crippen LogP contribution in [0.3, 0.4) is 0 Å². The van der Waals surface area contributed by atoms with E-state index in [1.54, 1.807) is 0 Å². The third kappa shape index (κ3) is 4.56. The fourth-order valence-electron chi connectivity index (χ4n) is 4.35. The van der Waals surface area contributed by atoms with Crippen LogP contribution < -0.4 is 20.9 Å². The van der Waals surface area contributed by atoms with Crippen LogP contribution in [0.4, 0.5) is 11.4 Å². The van der Waals surface area contributed by atoms with Gasteiger partial charge in [-0.05, 0) is 63.1 Å². The van der Waals surface area contributed by atoms with Crippen molar-refractivity contribution in [3.8, 4) is 0 Å². The predicted molar refractivity (Wildman–Crippen MR) is 141 cm³/mol. The molecule has 4 nitrogen and oxygen atoms in total. The smallest absolute Gasteiger partial charge is 0.157 e. The highest BCUT2D eigenvalue weighted by Gasteiger charge is 2.36. The Kier molecular flexibility index (Phi) is 6.10. The maximum absolute atomic E-state index is 3.78. The Bertz CT molecular complexity index is 1170. The van der Waals surface area contributed by atoms with Gasteiger partial charge in [-0.1, -0.05) is 95.1 Å². The van der Waals surface area contributed by atoms with Crippen LogP contribution in [0.15, 0.2) is 97.1 Å². The number of anilines is 2. The molecule has 2 N–H and O–H groups in total. The molecular formula is C30H32N4. The Labute approximate surface area is 202 Å². The largest absolute Gasteiger partial charge is 0.279 e. The second kappa shape index (κ2) is 9.34. The lowest BCUT2D eigenvalue weighted by atomic mass is 10.1. The minimum absolute atomic E-state index is 0.0901. The third-order valence-corrected chi connectivity index (χ3v) is 6.44. The maximum Gasteiger partial charge on any atom is 0.157 e. The molecule has 0 unspecified atom stereocenters. The van der Waals surface area contributed by atoms with Gasteiger partial charge < -0.3 is 0 Å². The van der Waals surface area contributed by atoms with E-state index in [9.17, 15) is 0 Å². The van der Waals surface area contributed by atoms with Gasteiger partial charge in [0.2, 0.25) is 0 Å². The average molecular weight is 449 g/mol. The summed E-state index contributed by atoms with van der Waals surface area (Å²) in [4.78, 5) is 0. The van der Waals surface area contributed by atoms with Crippen LogP contribution in [-0.4, -0.2) is 0 Å². The van der Waals surface area contributed by atoms with Crippen molar-refractivity contribution >= 4 is 11.4 Å². The van der Waals surface area contributed by atoms with Crippen molar-refractivity contribution in [2.45, 2.75) is 40.0 Å². The van der Waals surface area contributed by atoms with E-state index in [1.165, 1.54) is 33.4 Å². The number of nitrogens with zero attached hydrogens (tertiary/aromatic N) is 2. The van der Waals surface area contributed by atoms with Crippen LogP contribution in [0.2, 0.25) is 0 Å². The first kappa shape index (κ1) is 22.2. The minimum atomic E-state index is -0.0927. The highest BCUT2D eigenvalue weighted by molar-refractivity contribution is 5.57. The standard InChI is InChI=1S/C30H32N4/c1-21-5-13-25(14-6-21)29-31-33(27-17-9-23(3)10-18-27)30(26-15-7-22(2)8-16-26)34(32-29)28-19-11-24(4)12-20-28/h5-20,29-32H,1-4H3. The summed E-state index contributed by atoms with van der Waals surface area (Å²) in [5.74, 6) is 0. The summed E-state index contributed by atoms with van der Waals surface area (Å²) >= 11 is 0. The zero-order valence-corrected chi connectivity index (χ0v) is 20.3. The molecule has 4 aromatic carbocycles. The highest BCUT2D eigenvalue weighted by Crippen LogP contribution is 2.36. The van der Waals surface area contributed by atoms with E-state index in [1.807, 2.05) is 0 Å². The van der Waals surface area contributed by atoms with Crippen LogP contribution >= 0.6 is 0 Å². The van der Waals surface area contributed by atoms with Gasteiger partial charge in [0, 0.05) is 0 Å². The van der Waals surface area contributed by atoms with E-state index in [0.717, 1.165) is 11.4 Å². The Morgan fingerprint density at radius 3 is 1.15 bits per heavy atom. The minimum Gasteiger partial charge on any atom is -0.279 e. The van der Waals surface area contributed by atoms with Crippen molar-refractivity contribution in [3.05, 3.63) is 130 Å². The number of hydrogen-bond donors (Lipinski definition) is 2. The van der Waals surface area contributed by atoms with E-state index < -0.39 is 0 Å². The molecule has 0 aliphatic carbocycles. The summed E-state index contributed by atoms with van der Waals surface area (Å²) in [6.45, 7) is 8.50. The molecule has 1 fully saturated rings. The van der Waals surface area contributed by atoms with Crippen molar-refractivity contribution in [1.29, 1.82) is 0 Å². The fraction of sp³-hybridized carbons (Fsp3) is 0.200. The second-order valence-electron chi connectivity index (χ2n) is 9.30. The van der Waals surface area contributed by atoms with Crippen molar-refractivity contribution < 1.29 is 0 Å². The van der Waals surface area contributed by atoms with E-state index in [0.29, 0.717) is 0 Å². The van der Waals surface area contributed by atoms with Crippen LogP contribution in [0.1, 0.15) is 45.7 Å². The van der Waals surface area contributed by atoms with Gasteiger partial charge >= 0.3 is 0 Å². The van der Waals surface area contributed by atoms with Crippen LogP contribution in [0.5, 0.6) is 0 Å². The van der Waals surface area contributed by atoms with Gasteiger partial charge in [0.05, 0.1) is 11.4 Å². The Morgan fingerprint density at radius 1 is 0.441 bits per heavy atom. The second-order valence-corrected chi connectivity index (χ2v) is 9.30.